The van der Waals surface area contributed by atoms with Gasteiger partial charge in [0.2, 0.25) is 10.0 Å². The van der Waals surface area contributed by atoms with Crippen LogP contribution in [0.2, 0.25) is 5.02 Å². The molecule has 24 heavy (non-hydrogen) atoms. The molecule has 0 unspecified atom stereocenters. The molecule has 0 aliphatic carbocycles. The van der Waals surface area contributed by atoms with Gasteiger partial charge in [-0.2, -0.15) is 4.31 Å². The number of benzene rings is 1. The van der Waals surface area contributed by atoms with E-state index in [1.807, 2.05) is 12.3 Å². The average Bonchev–Trinajstić information content (AvgIpc) is 3.01. The number of ether oxygens (including phenoxy) is 1. The zero-order chi connectivity index (χ0) is 17.7. The van der Waals surface area contributed by atoms with Crippen molar-refractivity contribution in [3.8, 4) is 0 Å². The predicted octanol–water partition coefficient (Wildman–Crippen LogP) is 2.72. The summed E-state index contributed by atoms with van der Waals surface area (Å²) in [6, 6.07) is 5.74. The highest BCUT2D eigenvalue weighted by molar-refractivity contribution is 7.89. The van der Waals surface area contributed by atoms with Crippen molar-refractivity contribution in [2.75, 3.05) is 13.6 Å². The molecule has 0 aliphatic rings. The summed E-state index contributed by atoms with van der Waals surface area (Å²) in [7, 11) is -2.45. The standard InChI is InChI=1S/C15H17ClN2O4S2/c1-3-14-17-12(10-23-14)9-22-15(19)8-18(2)24(20,21)13-6-4-11(16)5-7-13/h4-7,10H,3,8-9H2,1-2H3. The second-order valence-electron chi connectivity index (χ2n) is 4.96. The molecule has 0 radical (unpaired) electrons. The number of carbonyl (C=O) groups is 1. The highest BCUT2D eigenvalue weighted by Gasteiger charge is 2.23. The van der Waals surface area contributed by atoms with Crippen molar-refractivity contribution in [3.05, 3.63) is 45.4 Å². The molecule has 0 aliphatic heterocycles. The smallest absolute Gasteiger partial charge is 0.321 e. The molecule has 1 aromatic heterocycles. The van der Waals surface area contributed by atoms with Gasteiger partial charge in [-0.15, -0.1) is 11.3 Å². The molecule has 0 atom stereocenters. The number of nitrogens with zero attached hydrogens (tertiary/aromatic N) is 2. The number of hydrogen-bond acceptors (Lipinski definition) is 6. The van der Waals surface area contributed by atoms with E-state index in [4.69, 9.17) is 16.3 Å². The van der Waals surface area contributed by atoms with Crippen molar-refractivity contribution in [2.24, 2.45) is 0 Å². The first-order valence-electron chi connectivity index (χ1n) is 7.13. The van der Waals surface area contributed by atoms with Crippen LogP contribution in [-0.2, 0) is 32.6 Å². The maximum absolute atomic E-state index is 12.4. The van der Waals surface area contributed by atoms with Gasteiger partial charge in [0.25, 0.3) is 0 Å². The van der Waals surface area contributed by atoms with Crippen molar-refractivity contribution in [1.29, 1.82) is 0 Å². The number of sulfonamides is 1. The van der Waals surface area contributed by atoms with E-state index >= 15 is 0 Å². The lowest BCUT2D eigenvalue weighted by atomic mass is 10.4. The molecule has 0 fully saturated rings. The van der Waals surface area contributed by atoms with Crippen LogP contribution in [0.5, 0.6) is 0 Å². The van der Waals surface area contributed by atoms with Crippen molar-refractivity contribution >= 4 is 38.9 Å². The maximum atomic E-state index is 12.4. The Morgan fingerprint density at radius 2 is 2.00 bits per heavy atom. The summed E-state index contributed by atoms with van der Waals surface area (Å²) in [6.45, 7) is 1.64. The Balaban J connectivity index is 1.93. The number of esters is 1. The van der Waals surface area contributed by atoms with Crippen molar-refractivity contribution in [1.82, 2.24) is 9.29 Å². The molecule has 6 nitrogen and oxygen atoms in total. The molecule has 2 rings (SSSR count). The quantitative estimate of drug-likeness (QED) is 0.681. The van der Waals surface area contributed by atoms with Gasteiger partial charge in [-0.25, -0.2) is 13.4 Å². The minimum Gasteiger partial charge on any atom is -0.458 e. The fourth-order valence-electron chi connectivity index (χ4n) is 1.83. The summed E-state index contributed by atoms with van der Waals surface area (Å²) in [4.78, 5) is 16.2. The monoisotopic (exact) mass is 388 g/mol. The van der Waals surface area contributed by atoms with Crippen LogP contribution in [0.1, 0.15) is 17.6 Å². The van der Waals surface area contributed by atoms with Gasteiger partial charge >= 0.3 is 5.97 Å². The zero-order valence-electron chi connectivity index (χ0n) is 13.2. The predicted molar refractivity (Wildman–Crippen MR) is 92.6 cm³/mol. The van der Waals surface area contributed by atoms with Gasteiger partial charge in [0.1, 0.15) is 13.2 Å². The number of thiazole rings is 1. The number of aryl methyl sites for hydroxylation is 1. The Bertz CT molecular complexity index is 803. The van der Waals surface area contributed by atoms with Gasteiger partial charge in [0.15, 0.2) is 0 Å². The number of aromatic nitrogens is 1. The van der Waals surface area contributed by atoms with Gasteiger partial charge in [0, 0.05) is 17.5 Å². The molecule has 0 bridgehead atoms. The molecule has 0 saturated heterocycles. The maximum Gasteiger partial charge on any atom is 0.321 e. The lowest BCUT2D eigenvalue weighted by Gasteiger charge is -2.16. The average molecular weight is 389 g/mol. The highest BCUT2D eigenvalue weighted by Crippen LogP contribution is 2.17. The van der Waals surface area contributed by atoms with E-state index in [0.717, 1.165) is 15.7 Å². The Kier molecular flexibility index (Phi) is 6.34. The van der Waals surface area contributed by atoms with Crippen LogP contribution < -0.4 is 0 Å². The third-order valence-corrected chi connectivity index (χ3v) is 6.27. The van der Waals surface area contributed by atoms with E-state index in [1.54, 1.807) is 0 Å². The first kappa shape index (κ1) is 18.9. The molecule has 0 spiro atoms. The summed E-state index contributed by atoms with van der Waals surface area (Å²) in [5.74, 6) is -0.638. The Hall–Kier alpha value is -1.48. The minimum absolute atomic E-state index is 0.0319. The lowest BCUT2D eigenvalue weighted by Crippen LogP contribution is -2.33. The van der Waals surface area contributed by atoms with Gasteiger partial charge in [-0.1, -0.05) is 18.5 Å². The largest absolute Gasteiger partial charge is 0.458 e. The summed E-state index contributed by atoms with van der Waals surface area (Å²) in [5, 5.41) is 3.22. The van der Waals surface area contributed by atoms with E-state index in [-0.39, 0.29) is 18.0 Å². The summed E-state index contributed by atoms with van der Waals surface area (Å²) >= 11 is 7.25. The number of rotatable bonds is 7. The van der Waals surface area contributed by atoms with E-state index in [2.05, 4.69) is 4.98 Å². The fraction of sp³-hybridized carbons (Fsp3) is 0.333. The Morgan fingerprint density at radius 3 is 2.58 bits per heavy atom. The lowest BCUT2D eigenvalue weighted by molar-refractivity contribution is -0.145. The molecule has 0 N–H and O–H groups in total. The van der Waals surface area contributed by atoms with Crippen LogP contribution in [0.15, 0.2) is 34.5 Å². The van der Waals surface area contributed by atoms with Crippen LogP contribution in [0.3, 0.4) is 0 Å². The summed E-state index contributed by atoms with van der Waals surface area (Å²) in [5.41, 5.74) is 0.661. The number of hydrogen-bond donors (Lipinski definition) is 0. The van der Waals surface area contributed by atoms with Gasteiger partial charge in [-0.05, 0) is 30.7 Å². The second-order valence-corrected chi connectivity index (χ2v) is 8.39. The van der Waals surface area contributed by atoms with Gasteiger partial charge in [-0.3, -0.25) is 4.79 Å². The van der Waals surface area contributed by atoms with Crippen molar-refractivity contribution in [3.63, 3.8) is 0 Å². The zero-order valence-corrected chi connectivity index (χ0v) is 15.6. The van der Waals surface area contributed by atoms with Crippen LogP contribution in [-0.4, -0.2) is 37.3 Å². The van der Waals surface area contributed by atoms with E-state index in [0.29, 0.717) is 10.7 Å². The molecule has 2 aromatic rings. The topological polar surface area (TPSA) is 76.6 Å². The van der Waals surface area contributed by atoms with Gasteiger partial charge < -0.3 is 4.74 Å². The number of carbonyl (C=O) groups excluding carboxylic acids is 1. The highest BCUT2D eigenvalue weighted by atomic mass is 35.5. The Morgan fingerprint density at radius 1 is 1.33 bits per heavy atom. The van der Waals surface area contributed by atoms with Crippen LogP contribution in [0, 0.1) is 0 Å². The van der Waals surface area contributed by atoms with Crippen molar-refractivity contribution < 1.29 is 17.9 Å². The molecule has 1 aromatic carbocycles. The third kappa shape index (κ3) is 4.76. The molecule has 9 heteroatoms. The molecular weight excluding hydrogens is 372 g/mol. The van der Waals surface area contributed by atoms with E-state index < -0.39 is 16.0 Å². The van der Waals surface area contributed by atoms with Gasteiger partial charge in [0.05, 0.1) is 15.6 Å². The fourth-order valence-corrected chi connectivity index (χ4v) is 3.80. The molecule has 1 heterocycles. The Labute approximate surface area is 150 Å². The second kappa shape index (κ2) is 8.06. The van der Waals surface area contributed by atoms with Crippen LogP contribution in [0.4, 0.5) is 0 Å². The third-order valence-electron chi connectivity index (χ3n) is 3.16. The SMILES string of the molecule is CCc1nc(COC(=O)CN(C)S(=O)(=O)c2ccc(Cl)cc2)cs1. The summed E-state index contributed by atoms with van der Waals surface area (Å²) < 4.78 is 30.7. The van der Waals surface area contributed by atoms with Crippen LogP contribution >= 0.6 is 22.9 Å². The van der Waals surface area contributed by atoms with Crippen LogP contribution in [0.25, 0.3) is 0 Å². The van der Waals surface area contributed by atoms with Crippen molar-refractivity contribution in [2.45, 2.75) is 24.8 Å². The molecule has 130 valence electrons. The molecule has 0 amide bonds. The first-order chi connectivity index (χ1) is 11.3. The van der Waals surface area contributed by atoms with E-state index in [9.17, 15) is 13.2 Å². The molecular formula is C15H17ClN2O4S2. The normalized spacial score (nSPS) is 11.7. The number of likely N-dealkylation sites (N-methyl/N-ethyl adjacent to an activating group) is 1. The molecule has 0 saturated carbocycles. The first-order valence-corrected chi connectivity index (χ1v) is 9.83. The minimum atomic E-state index is -3.77. The summed E-state index contributed by atoms with van der Waals surface area (Å²) in [6.07, 6.45) is 0.820. The number of halogens is 1. The van der Waals surface area contributed by atoms with E-state index in [1.165, 1.54) is 42.6 Å².